The molecule has 2 amide bonds. The second-order valence-electron chi connectivity index (χ2n) is 6.08. The van der Waals surface area contributed by atoms with Crippen molar-refractivity contribution in [1.82, 2.24) is 10.2 Å². The molecule has 148 valence electrons. The number of esters is 1. The van der Waals surface area contributed by atoms with Gasteiger partial charge in [-0.25, -0.2) is 9.59 Å². The molecule has 29 heavy (non-hydrogen) atoms. The summed E-state index contributed by atoms with van der Waals surface area (Å²) < 4.78 is 5.16. The van der Waals surface area contributed by atoms with Gasteiger partial charge in [-0.05, 0) is 31.2 Å². The summed E-state index contributed by atoms with van der Waals surface area (Å²) in [6.07, 6.45) is 0. The summed E-state index contributed by atoms with van der Waals surface area (Å²) in [7, 11) is 0. The fourth-order valence-electron chi connectivity index (χ4n) is 3.04. The molecule has 0 radical (unpaired) electrons. The minimum atomic E-state index is -0.703. The van der Waals surface area contributed by atoms with Crippen LogP contribution in [0.15, 0.2) is 48.5 Å². The number of hydrogen-bond donors (Lipinski definition) is 3. The maximum absolute atomic E-state index is 12.7. The lowest BCUT2D eigenvalue weighted by atomic mass is 10.1. The molecule has 1 aromatic heterocycles. The van der Waals surface area contributed by atoms with Gasteiger partial charge < -0.3 is 10.1 Å². The Morgan fingerprint density at radius 3 is 2.79 bits per heavy atom. The largest absolute Gasteiger partial charge is 0.462 e. The van der Waals surface area contributed by atoms with Gasteiger partial charge in [-0.1, -0.05) is 35.9 Å². The first-order valence-electron chi connectivity index (χ1n) is 8.71. The molecule has 0 saturated carbocycles. The van der Waals surface area contributed by atoms with Crippen molar-refractivity contribution < 1.29 is 19.5 Å². The first kappa shape index (κ1) is 18.8. The molecule has 0 aliphatic carbocycles. The van der Waals surface area contributed by atoms with Crippen molar-refractivity contribution >= 4 is 40.8 Å². The lowest BCUT2D eigenvalue weighted by Gasteiger charge is -2.34. The molecule has 3 aromatic rings. The number of anilines is 3. The zero-order valence-corrected chi connectivity index (χ0v) is 16.0. The number of carbonyl (C=O) groups is 2. The van der Waals surface area contributed by atoms with E-state index in [0.29, 0.717) is 32.8 Å². The highest BCUT2D eigenvalue weighted by Gasteiger charge is 2.37. The van der Waals surface area contributed by atoms with Crippen molar-refractivity contribution in [1.29, 1.82) is 0 Å². The standard InChI is InChI=1S/C19H16ClN5O4/c1-2-29-18(26)15-16(11-6-5-7-12(20)10-11)22-23-17(15)24-19(27)21-13-8-3-4-9-14(13)25(24)28/h3-10,28H,2H2,1H3,(H,21,27)(H,22,23). The maximum atomic E-state index is 12.7. The van der Waals surface area contributed by atoms with Gasteiger partial charge in [-0.15, -0.1) is 5.17 Å². The van der Waals surface area contributed by atoms with Gasteiger partial charge in [0.25, 0.3) is 0 Å². The van der Waals surface area contributed by atoms with E-state index in [1.807, 2.05) is 0 Å². The fraction of sp³-hybridized carbons (Fsp3) is 0.105. The molecule has 2 heterocycles. The summed E-state index contributed by atoms with van der Waals surface area (Å²) in [5.41, 5.74) is 1.60. The molecule has 0 unspecified atom stereocenters. The van der Waals surface area contributed by atoms with Crippen LogP contribution in [0, 0.1) is 0 Å². The number of hydrogen-bond acceptors (Lipinski definition) is 6. The Morgan fingerprint density at radius 1 is 1.24 bits per heavy atom. The Morgan fingerprint density at radius 2 is 2.03 bits per heavy atom. The first-order chi connectivity index (χ1) is 14.0. The van der Waals surface area contributed by atoms with Gasteiger partial charge in [0.05, 0.1) is 18.0 Å². The number of rotatable bonds is 4. The SMILES string of the molecule is CCOC(=O)c1c(N2C(=O)Nc3ccccc3N2O)n[nH]c1-c1cccc(Cl)c1. The molecule has 0 spiro atoms. The number of fused-ring (bicyclic) bond motifs is 1. The number of nitrogens with one attached hydrogen (secondary N) is 2. The summed E-state index contributed by atoms with van der Waals surface area (Å²) >= 11 is 6.07. The third-order valence-electron chi connectivity index (χ3n) is 4.28. The van der Waals surface area contributed by atoms with E-state index < -0.39 is 12.0 Å². The van der Waals surface area contributed by atoms with E-state index in [2.05, 4.69) is 15.5 Å². The number of hydrazine groups is 1. The second kappa shape index (κ2) is 7.46. The molecule has 0 atom stereocenters. The van der Waals surface area contributed by atoms with Gasteiger partial charge in [-0.3, -0.25) is 10.3 Å². The number of ether oxygens (including phenoxy) is 1. The molecule has 10 heteroatoms. The predicted molar refractivity (Wildman–Crippen MR) is 107 cm³/mol. The first-order valence-corrected chi connectivity index (χ1v) is 9.09. The van der Waals surface area contributed by atoms with Crippen LogP contribution in [-0.4, -0.2) is 34.0 Å². The van der Waals surface area contributed by atoms with Crippen molar-refractivity contribution in [3.63, 3.8) is 0 Å². The summed E-state index contributed by atoms with van der Waals surface area (Å²) in [5.74, 6) is -0.820. The Labute approximate surface area is 170 Å². The summed E-state index contributed by atoms with van der Waals surface area (Å²) in [6.45, 7) is 1.79. The predicted octanol–water partition coefficient (Wildman–Crippen LogP) is 4.07. The number of urea groups is 1. The Hall–Kier alpha value is -3.56. The number of carbonyl (C=O) groups excluding carboxylic acids is 2. The molecule has 4 rings (SSSR count). The highest BCUT2D eigenvalue weighted by atomic mass is 35.5. The number of H-pyrrole nitrogens is 1. The fourth-order valence-corrected chi connectivity index (χ4v) is 3.23. The van der Waals surface area contributed by atoms with E-state index in [-0.39, 0.29) is 18.0 Å². The van der Waals surface area contributed by atoms with Crippen molar-refractivity contribution in [3.8, 4) is 11.3 Å². The molecule has 0 bridgehead atoms. The van der Waals surface area contributed by atoms with Crippen LogP contribution in [0.3, 0.4) is 0 Å². The van der Waals surface area contributed by atoms with Gasteiger partial charge in [0, 0.05) is 10.6 Å². The molecule has 0 fully saturated rings. The van der Waals surface area contributed by atoms with E-state index in [9.17, 15) is 14.8 Å². The minimum absolute atomic E-state index is 0.0114. The molecule has 9 nitrogen and oxygen atoms in total. The van der Waals surface area contributed by atoms with Gasteiger partial charge in [0.2, 0.25) is 0 Å². The van der Waals surface area contributed by atoms with Gasteiger partial charge in [0.15, 0.2) is 5.82 Å². The second-order valence-corrected chi connectivity index (χ2v) is 6.51. The van der Waals surface area contributed by atoms with Crippen LogP contribution in [0.2, 0.25) is 5.02 Å². The number of aromatic amines is 1. The number of halogens is 1. The van der Waals surface area contributed by atoms with Gasteiger partial charge in [0.1, 0.15) is 11.3 Å². The number of benzene rings is 2. The molecular formula is C19H16ClN5O4. The molecule has 1 aliphatic rings. The molecule has 2 aromatic carbocycles. The lowest BCUT2D eigenvalue weighted by molar-refractivity contribution is 0.0528. The van der Waals surface area contributed by atoms with Gasteiger partial charge >= 0.3 is 12.0 Å². The smallest absolute Gasteiger partial charge is 0.348 e. The van der Waals surface area contributed by atoms with Crippen LogP contribution < -0.4 is 15.5 Å². The van der Waals surface area contributed by atoms with E-state index in [4.69, 9.17) is 16.3 Å². The van der Waals surface area contributed by atoms with Crippen LogP contribution in [0.25, 0.3) is 11.3 Å². The number of para-hydroxylation sites is 2. The lowest BCUT2D eigenvalue weighted by Crippen LogP contribution is -2.51. The van der Waals surface area contributed by atoms with Crippen molar-refractivity contribution in [3.05, 3.63) is 59.1 Å². The molecule has 0 saturated heterocycles. The van der Waals surface area contributed by atoms with Crippen LogP contribution in [0.4, 0.5) is 22.0 Å². The normalized spacial score (nSPS) is 13.1. The molecule has 3 N–H and O–H groups in total. The van der Waals surface area contributed by atoms with Crippen molar-refractivity contribution in [2.45, 2.75) is 6.92 Å². The molecular weight excluding hydrogens is 398 g/mol. The van der Waals surface area contributed by atoms with E-state index >= 15 is 0 Å². The summed E-state index contributed by atoms with van der Waals surface area (Å²) in [5, 5.41) is 22.1. The van der Waals surface area contributed by atoms with Crippen LogP contribution in [0.5, 0.6) is 0 Å². The van der Waals surface area contributed by atoms with Crippen molar-refractivity contribution in [2.24, 2.45) is 0 Å². The number of amides is 2. The van der Waals surface area contributed by atoms with Crippen LogP contribution in [-0.2, 0) is 4.74 Å². The maximum Gasteiger partial charge on any atom is 0.348 e. The van der Waals surface area contributed by atoms with Crippen molar-refractivity contribution in [2.75, 3.05) is 22.1 Å². The highest BCUT2D eigenvalue weighted by Crippen LogP contribution is 2.36. The quantitative estimate of drug-likeness (QED) is 0.556. The zero-order valence-electron chi connectivity index (χ0n) is 15.2. The van der Waals surface area contributed by atoms with Gasteiger partial charge in [-0.2, -0.15) is 10.1 Å². The van der Waals surface area contributed by atoms with Crippen LogP contribution >= 0.6 is 11.6 Å². The topological polar surface area (TPSA) is 111 Å². The number of aromatic nitrogens is 2. The average molecular weight is 414 g/mol. The van der Waals surface area contributed by atoms with E-state index in [0.717, 1.165) is 5.01 Å². The number of nitrogens with zero attached hydrogens (tertiary/aromatic N) is 3. The Bertz CT molecular complexity index is 1100. The minimum Gasteiger partial charge on any atom is -0.462 e. The summed E-state index contributed by atoms with van der Waals surface area (Å²) in [6, 6.07) is 12.8. The van der Waals surface area contributed by atoms with E-state index in [1.165, 1.54) is 0 Å². The third kappa shape index (κ3) is 3.26. The summed E-state index contributed by atoms with van der Waals surface area (Å²) in [4.78, 5) is 25.4. The highest BCUT2D eigenvalue weighted by molar-refractivity contribution is 6.30. The monoisotopic (exact) mass is 413 g/mol. The Balaban J connectivity index is 1.86. The molecule has 1 aliphatic heterocycles. The zero-order chi connectivity index (χ0) is 20.5. The average Bonchev–Trinajstić information content (AvgIpc) is 3.13. The van der Waals surface area contributed by atoms with E-state index in [1.54, 1.807) is 55.5 Å². The van der Waals surface area contributed by atoms with Crippen LogP contribution in [0.1, 0.15) is 17.3 Å². The third-order valence-corrected chi connectivity index (χ3v) is 4.52. The Kier molecular flexibility index (Phi) is 4.83.